The summed E-state index contributed by atoms with van der Waals surface area (Å²) < 4.78 is 1.13. The molecule has 0 radical (unpaired) electrons. The van der Waals surface area contributed by atoms with Gasteiger partial charge in [0.1, 0.15) is 12.1 Å². The highest BCUT2D eigenvalue weighted by Gasteiger charge is 2.24. The van der Waals surface area contributed by atoms with Crippen LogP contribution in [0.2, 0.25) is 0 Å². The molecule has 0 saturated carbocycles. The number of unbranched alkanes of at least 4 members (excludes halogenated alkanes) is 1. The first-order valence-corrected chi connectivity index (χ1v) is 10.6. The minimum Gasteiger partial charge on any atom is -0.481 e. The molecule has 1 rings (SSSR count). The number of aliphatic carboxylic acids is 3. The van der Waals surface area contributed by atoms with Crippen molar-refractivity contribution in [1.29, 1.82) is 0 Å². The van der Waals surface area contributed by atoms with Gasteiger partial charge >= 0.3 is 23.9 Å². The molecule has 0 spiro atoms. The predicted octanol–water partition coefficient (Wildman–Crippen LogP) is 1.55. The van der Waals surface area contributed by atoms with E-state index < -0.39 is 42.4 Å². The van der Waals surface area contributed by atoms with Gasteiger partial charge in [-0.25, -0.2) is 19.9 Å². The van der Waals surface area contributed by atoms with Gasteiger partial charge in [-0.1, -0.05) is 12.1 Å². The number of nitrogens with one attached hydrogen (secondary N) is 3. The van der Waals surface area contributed by atoms with E-state index in [4.69, 9.17) is 15.1 Å². The number of halogens is 1. The van der Waals surface area contributed by atoms with Gasteiger partial charge in [0.05, 0.1) is 6.61 Å². The van der Waals surface area contributed by atoms with Crippen LogP contribution in [-0.4, -0.2) is 57.9 Å². The molecule has 1 aromatic rings. The fourth-order valence-electron chi connectivity index (χ4n) is 2.47. The summed E-state index contributed by atoms with van der Waals surface area (Å²) >= 11 is 2.21. The number of carbonyl (C=O) groups excluding carboxylic acids is 1. The Morgan fingerprint density at radius 3 is 2.03 bits per heavy atom. The summed E-state index contributed by atoms with van der Waals surface area (Å²) in [5, 5.41) is 31.2. The van der Waals surface area contributed by atoms with E-state index >= 15 is 0 Å². The lowest BCUT2D eigenvalue weighted by molar-refractivity contribution is -0.140. The number of rotatable bonds is 15. The smallest absolute Gasteiger partial charge is 0.326 e. The summed E-state index contributed by atoms with van der Waals surface area (Å²) in [6.45, 7) is 0.877. The number of carbonyl (C=O) groups is 4. The SMILES string of the molecule is O=C(O)CCC(NC(=O)NC(CCCCNOCc1ccc(I)cc1)C(=O)O)C(=O)O. The molecule has 0 aliphatic rings. The second-order valence-electron chi connectivity index (χ2n) is 6.64. The van der Waals surface area contributed by atoms with Gasteiger partial charge in [-0.3, -0.25) is 9.63 Å². The van der Waals surface area contributed by atoms with Gasteiger partial charge in [0, 0.05) is 16.5 Å². The van der Waals surface area contributed by atoms with Crippen molar-refractivity contribution in [1.82, 2.24) is 16.1 Å². The molecule has 0 heterocycles. The molecule has 11 nitrogen and oxygen atoms in total. The molecule has 172 valence electrons. The first-order valence-electron chi connectivity index (χ1n) is 9.52. The van der Waals surface area contributed by atoms with Crippen LogP contribution in [0.5, 0.6) is 0 Å². The van der Waals surface area contributed by atoms with Crippen molar-refractivity contribution in [2.45, 2.75) is 50.8 Å². The maximum absolute atomic E-state index is 11.9. The summed E-state index contributed by atoms with van der Waals surface area (Å²) in [6, 6.07) is 4.23. The average molecular weight is 551 g/mol. The topological polar surface area (TPSA) is 174 Å². The van der Waals surface area contributed by atoms with Crippen LogP contribution in [0.1, 0.15) is 37.7 Å². The number of hydrogen-bond donors (Lipinski definition) is 6. The molecule has 0 bridgehead atoms. The van der Waals surface area contributed by atoms with Gasteiger partial charge in [0.25, 0.3) is 0 Å². The number of hydroxylamine groups is 1. The molecular weight excluding hydrogens is 525 g/mol. The van der Waals surface area contributed by atoms with E-state index in [-0.39, 0.29) is 12.8 Å². The Morgan fingerprint density at radius 1 is 0.903 bits per heavy atom. The summed E-state index contributed by atoms with van der Waals surface area (Å²) in [7, 11) is 0. The van der Waals surface area contributed by atoms with Crippen molar-refractivity contribution < 1.29 is 39.3 Å². The third kappa shape index (κ3) is 12.1. The van der Waals surface area contributed by atoms with E-state index in [0.717, 1.165) is 9.13 Å². The van der Waals surface area contributed by atoms with Crippen molar-refractivity contribution in [2.24, 2.45) is 0 Å². The lowest BCUT2D eigenvalue weighted by Gasteiger charge is -2.18. The summed E-state index contributed by atoms with van der Waals surface area (Å²) in [5.74, 6) is -3.86. The van der Waals surface area contributed by atoms with E-state index in [9.17, 15) is 24.3 Å². The number of amides is 2. The molecule has 0 fully saturated rings. The van der Waals surface area contributed by atoms with Crippen LogP contribution in [-0.2, 0) is 25.8 Å². The summed E-state index contributed by atoms with van der Waals surface area (Å²) in [4.78, 5) is 50.3. The molecule has 12 heteroatoms. The van der Waals surface area contributed by atoms with Crippen LogP contribution in [0.15, 0.2) is 24.3 Å². The average Bonchev–Trinajstić information content (AvgIpc) is 2.70. The van der Waals surface area contributed by atoms with Crippen molar-refractivity contribution in [2.75, 3.05) is 6.54 Å². The van der Waals surface area contributed by atoms with Crippen molar-refractivity contribution in [3.05, 3.63) is 33.4 Å². The fraction of sp³-hybridized carbons (Fsp3) is 0.474. The van der Waals surface area contributed by atoms with Gasteiger partial charge in [0.15, 0.2) is 0 Å². The zero-order valence-electron chi connectivity index (χ0n) is 16.7. The summed E-state index contributed by atoms with van der Waals surface area (Å²) in [5.41, 5.74) is 3.80. The predicted molar refractivity (Wildman–Crippen MR) is 117 cm³/mol. The van der Waals surface area contributed by atoms with Crippen LogP contribution in [0, 0.1) is 3.57 Å². The van der Waals surface area contributed by atoms with Gasteiger partial charge in [-0.05, 0) is 66.0 Å². The quantitative estimate of drug-likeness (QED) is 0.107. The number of hydrogen-bond acceptors (Lipinski definition) is 6. The van der Waals surface area contributed by atoms with Crippen molar-refractivity contribution in [3.63, 3.8) is 0 Å². The molecule has 0 aliphatic heterocycles. The Bertz CT molecular complexity index is 744. The standard InChI is InChI=1S/C19H26IN3O8/c20-13-6-4-12(5-7-13)11-31-21-10-2-1-3-14(17(26)27)22-19(30)23-15(18(28)29)8-9-16(24)25/h4-7,14-15,21H,1-3,8-11H2,(H,24,25)(H,26,27)(H,28,29)(H2,22,23,30). The monoisotopic (exact) mass is 551 g/mol. The Hall–Kier alpha value is -2.45. The molecule has 6 N–H and O–H groups in total. The van der Waals surface area contributed by atoms with E-state index in [2.05, 4.69) is 38.7 Å². The van der Waals surface area contributed by atoms with Gasteiger partial charge < -0.3 is 26.0 Å². The number of urea groups is 1. The molecular formula is C19H26IN3O8. The first-order chi connectivity index (χ1) is 14.7. The van der Waals surface area contributed by atoms with E-state index in [1.54, 1.807) is 0 Å². The van der Waals surface area contributed by atoms with Gasteiger partial charge in [-0.15, -0.1) is 0 Å². The zero-order chi connectivity index (χ0) is 23.2. The van der Waals surface area contributed by atoms with Crippen LogP contribution >= 0.6 is 22.6 Å². The maximum Gasteiger partial charge on any atom is 0.326 e. The van der Waals surface area contributed by atoms with Crippen LogP contribution < -0.4 is 16.1 Å². The highest BCUT2D eigenvalue weighted by molar-refractivity contribution is 14.1. The number of carboxylic acids is 3. The van der Waals surface area contributed by atoms with Crippen molar-refractivity contribution >= 4 is 46.5 Å². The molecule has 0 saturated heterocycles. The molecule has 0 aliphatic carbocycles. The highest BCUT2D eigenvalue weighted by Crippen LogP contribution is 2.07. The number of carboxylic acid groups (broad SMARTS) is 3. The molecule has 2 amide bonds. The van der Waals surface area contributed by atoms with Crippen LogP contribution in [0.25, 0.3) is 0 Å². The van der Waals surface area contributed by atoms with Crippen LogP contribution in [0.4, 0.5) is 4.79 Å². The second-order valence-corrected chi connectivity index (χ2v) is 7.88. The third-order valence-corrected chi connectivity index (χ3v) is 4.85. The summed E-state index contributed by atoms with van der Waals surface area (Å²) in [6.07, 6.45) is 0.436. The highest BCUT2D eigenvalue weighted by atomic mass is 127. The Morgan fingerprint density at radius 2 is 1.48 bits per heavy atom. The lowest BCUT2D eigenvalue weighted by Crippen LogP contribution is -2.51. The normalized spacial score (nSPS) is 12.5. The lowest BCUT2D eigenvalue weighted by atomic mass is 10.1. The van der Waals surface area contributed by atoms with E-state index in [1.165, 1.54) is 0 Å². The third-order valence-electron chi connectivity index (χ3n) is 4.13. The van der Waals surface area contributed by atoms with Gasteiger partial charge in [0.2, 0.25) is 0 Å². The zero-order valence-corrected chi connectivity index (χ0v) is 18.8. The Labute approximate surface area is 192 Å². The minimum absolute atomic E-state index is 0.133. The van der Waals surface area contributed by atoms with Crippen LogP contribution in [0.3, 0.4) is 0 Å². The Balaban J connectivity index is 2.29. The number of benzene rings is 1. The van der Waals surface area contributed by atoms with E-state index in [0.29, 0.717) is 26.0 Å². The fourth-order valence-corrected chi connectivity index (χ4v) is 2.83. The molecule has 31 heavy (non-hydrogen) atoms. The Kier molecular flexibility index (Phi) is 12.5. The largest absolute Gasteiger partial charge is 0.481 e. The van der Waals surface area contributed by atoms with Gasteiger partial charge in [-0.2, -0.15) is 0 Å². The minimum atomic E-state index is -1.43. The first kappa shape index (κ1) is 26.6. The molecule has 2 atom stereocenters. The molecule has 1 aromatic carbocycles. The van der Waals surface area contributed by atoms with Crippen molar-refractivity contribution in [3.8, 4) is 0 Å². The second kappa shape index (κ2) is 14.5. The maximum atomic E-state index is 11.9. The van der Waals surface area contributed by atoms with E-state index in [1.807, 2.05) is 24.3 Å². The molecule has 0 aromatic heterocycles. The molecule has 2 unspecified atom stereocenters.